The molecule has 2 aliphatic heterocycles. The maximum absolute atomic E-state index is 12.3. The van der Waals surface area contributed by atoms with Crippen LogP contribution in [0.3, 0.4) is 0 Å². The fraction of sp³-hybridized carbons (Fsp3) is 0.647. The van der Waals surface area contributed by atoms with E-state index in [1.54, 1.807) is 24.3 Å². The molecule has 2 heterocycles. The number of piperidine rings is 1. The van der Waals surface area contributed by atoms with Gasteiger partial charge in [-0.1, -0.05) is 17.7 Å². The Bertz CT molecular complexity index is 659. The summed E-state index contributed by atoms with van der Waals surface area (Å²) in [5.41, 5.74) is 1.00. The van der Waals surface area contributed by atoms with Gasteiger partial charge in [0.1, 0.15) is 0 Å². The van der Waals surface area contributed by atoms with Gasteiger partial charge in [-0.2, -0.15) is 0 Å². The zero-order chi connectivity index (χ0) is 17.9. The van der Waals surface area contributed by atoms with Gasteiger partial charge < -0.3 is 20.5 Å². The molecule has 2 saturated heterocycles. The number of rotatable bonds is 6. The number of aryl methyl sites for hydroxylation is 1. The molecule has 2 aliphatic rings. The van der Waals surface area contributed by atoms with Crippen molar-refractivity contribution in [2.75, 3.05) is 26.2 Å². The second-order valence-corrected chi connectivity index (χ2v) is 8.59. The number of hydrogen-bond acceptors (Lipinski definition) is 6. The van der Waals surface area contributed by atoms with Crippen LogP contribution < -0.4 is 15.4 Å². The van der Waals surface area contributed by atoms with Crippen LogP contribution in [0.25, 0.3) is 0 Å². The van der Waals surface area contributed by atoms with E-state index >= 15 is 0 Å². The molecule has 3 atom stereocenters. The van der Waals surface area contributed by atoms with Gasteiger partial charge >= 0.3 is 0 Å². The lowest BCUT2D eigenvalue weighted by Crippen LogP contribution is -2.50. The van der Waals surface area contributed by atoms with Crippen LogP contribution >= 0.6 is 0 Å². The van der Waals surface area contributed by atoms with Gasteiger partial charge in [0.25, 0.3) is 0 Å². The third kappa shape index (κ3) is 4.78. The predicted molar refractivity (Wildman–Crippen MR) is 94.9 cm³/mol. The highest BCUT2D eigenvalue weighted by atomic mass is 32.2. The van der Waals surface area contributed by atoms with Crippen LogP contribution in [-0.2, 0) is 14.8 Å². The normalized spacial score (nSPS) is 28.3. The SMILES string of the molecule is Cc1ccc(S(=O)(=O)NC[C@H]2OC[C@@H](NC3CCNCC3)[C@@H]2O)cc1. The molecule has 8 heteroatoms. The molecule has 7 nitrogen and oxygen atoms in total. The monoisotopic (exact) mass is 369 g/mol. The smallest absolute Gasteiger partial charge is 0.240 e. The second-order valence-electron chi connectivity index (χ2n) is 6.82. The van der Waals surface area contributed by atoms with Gasteiger partial charge in [-0.05, 0) is 45.0 Å². The van der Waals surface area contributed by atoms with Crippen molar-refractivity contribution < 1.29 is 18.3 Å². The number of benzene rings is 1. The lowest BCUT2D eigenvalue weighted by molar-refractivity contribution is 0.0439. The largest absolute Gasteiger partial charge is 0.389 e. The van der Waals surface area contributed by atoms with Gasteiger partial charge in [0.2, 0.25) is 10.0 Å². The van der Waals surface area contributed by atoms with Crippen LogP contribution in [-0.4, -0.2) is 64.1 Å². The maximum atomic E-state index is 12.3. The first kappa shape index (κ1) is 18.8. The third-order valence-corrected chi connectivity index (χ3v) is 6.32. The summed E-state index contributed by atoms with van der Waals surface area (Å²) in [6, 6.07) is 6.88. The van der Waals surface area contributed by atoms with E-state index in [-0.39, 0.29) is 17.5 Å². The Kier molecular flexibility index (Phi) is 6.08. The predicted octanol–water partition coefficient (Wildman–Crippen LogP) is -0.257. The fourth-order valence-electron chi connectivity index (χ4n) is 3.29. The van der Waals surface area contributed by atoms with E-state index < -0.39 is 22.2 Å². The van der Waals surface area contributed by atoms with Crippen molar-refractivity contribution in [2.24, 2.45) is 0 Å². The molecule has 0 saturated carbocycles. The minimum absolute atomic E-state index is 0.0573. The highest BCUT2D eigenvalue weighted by Crippen LogP contribution is 2.17. The summed E-state index contributed by atoms with van der Waals surface area (Å²) in [4.78, 5) is 0.218. The van der Waals surface area contributed by atoms with Crippen molar-refractivity contribution in [3.63, 3.8) is 0 Å². The highest BCUT2D eigenvalue weighted by molar-refractivity contribution is 7.89. The number of aliphatic hydroxyl groups is 1. The highest BCUT2D eigenvalue weighted by Gasteiger charge is 2.37. The van der Waals surface area contributed by atoms with Gasteiger partial charge in [0, 0.05) is 12.6 Å². The van der Waals surface area contributed by atoms with Crippen LogP contribution in [0, 0.1) is 6.92 Å². The lowest BCUT2D eigenvalue weighted by Gasteiger charge is -2.28. The molecule has 1 aromatic carbocycles. The molecular formula is C17H27N3O4S. The fourth-order valence-corrected chi connectivity index (χ4v) is 4.34. The average molecular weight is 369 g/mol. The number of aliphatic hydroxyl groups excluding tert-OH is 1. The van der Waals surface area contributed by atoms with Crippen LogP contribution in [0.4, 0.5) is 0 Å². The van der Waals surface area contributed by atoms with Gasteiger partial charge in [-0.25, -0.2) is 13.1 Å². The number of nitrogens with one attached hydrogen (secondary N) is 3. The van der Waals surface area contributed by atoms with E-state index in [0.29, 0.717) is 12.6 Å². The molecular weight excluding hydrogens is 342 g/mol. The van der Waals surface area contributed by atoms with E-state index in [2.05, 4.69) is 15.4 Å². The minimum Gasteiger partial charge on any atom is -0.389 e. The standard InChI is InChI=1S/C17H27N3O4S/c1-12-2-4-14(5-3-12)25(22,23)19-10-16-17(21)15(11-24-16)20-13-6-8-18-9-7-13/h2-5,13,15-21H,6-11H2,1H3/t15-,16-,17+/m1/s1. The van der Waals surface area contributed by atoms with Crippen molar-refractivity contribution in [3.05, 3.63) is 29.8 Å². The molecule has 0 bridgehead atoms. The minimum atomic E-state index is -3.60. The number of sulfonamides is 1. The molecule has 0 radical (unpaired) electrons. The molecule has 0 aromatic heterocycles. The zero-order valence-electron chi connectivity index (χ0n) is 14.4. The van der Waals surface area contributed by atoms with Gasteiger partial charge in [-0.3, -0.25) is 0 Å². The summed E-state index contributed by atoms with van der Waals surface area (Å²) in [7, 11) is -3.60. The van der Waals surface area contributed by atoms with Crippen molar-refractivity contribution in [3.8, 4) is 0 Å². The molecule has 0 unspecified atom stereocenters. The summed E-state index contributed by atoms with van der Waals surface area (Å²) in [6.45, 7) is 4.30. The molecule has 1 aromatic rings. The summed E-state index contributed by atoms with van der Waals surface area (Å²) in [5.74, 6) is 0. The summed E-state index contributed by atoms with van der Waals surface area (Å²) in [5, 5.41) is 17.2. The molecule has 140 valence electrons. The van der Waals surface area contributed by atoms with Gasteiger partial charge in [0.05, 0.1) is 29.8 Å². The Labute approximate surface area is 149 Å². The Morgan fingerprint density at radius 1 is 1.24 bits per heavy atom. The maximum Gasteiger partial charge on any atom is 0.240 e. The van der Waals surface area contributed by atoms with Crippen molar-refractivity contribution in [1.29, 1.82) is 0 Å². The van der Waals surface area contributed by atoms with Gasteiger partial charge in [0.15, 0.2) is 0 Å². The average Bonchev–Trinajstić information content (AvgIpc) is 2.95. The van der Waals surface area contributed by atoms with Crippen LogP contribution in [0.2, 0.25) is 0 Å². The third-order valence-electron chi connectivity index (χ3n) is 4.88. The van der Waals surface area contributed by atoms with Crippen molar-refractivity contribution in [2.45, 2.75) is 49.0 Å². The first-order valence-corrected chi connectivity index (χ1v) is 10.3. The van der Waals surface area contributed by atoms with Crippen LogP contribution in [0.15, 0.2) is 29.2 Å². The molecule has 3 rings (SSSR count). The molecule has 25 heavy (non-hydrogen) atoms. The summed E-state index contributed by atoms with van der Waals surface area (Å²) < 4.78 is 32.8. The molecule has 0 aliphatic carbocycles. The molecule has 0 amide bonds. The Hall–Kier alpha value is -1.03. The Morgan fingerprint density at radius 3 is 2.60 bits per heavy atom. The second kappa shape index (κ2) is 8.11. The first-order chi connectivity index (χ1) is 12.0. The molecule has 0 spiro atoms. The molecule has 2 fully saturated rings. The van der Waals surface area contributed by atoms with E-state index in [1.807, 2.05) is 6.92 Å². The van der Waals surface area contributed by atoms with Crippen molar-refractivity contribution in [1.82, 2.24) is 15.4 Å². The van der Waals surface area contributed by atoms with Crippen LogP contribution in [0.5, 0.6) is 0 Å². The zero-order valence-corrected chi connectivity index (χ0v) is 15.3. The summed E-state index contributed by atoms with van der Waals surface area (Å²) >= 11 is 0. The van der Waals surface area contributed by atoms with E-state index in [9.17, 15) is 13.5 Å². The van der Waals surface area contributed by atoms with Crippen LogP contribution in [0.1, 0.15) is 18.4 Å². The van der Waals surface area contributed by atoms with Crippen molar-refractivity contribution >= 4 is 10.0 Å². The Balaban J connectivity index is 1.52. The topological polar surface area (TPSA) is 99.7 Å². The van der Waals surface area contributed by atoms with E-state index in [0.717, 1.165) is 31.5 Å². The first-order valence-electron chi connectivity index (χ1n) is 8.78. The molecule has 4 N–H and O–H groups in total. The Morgan fingerprint density at radius 2 is 1.92 bits per heavy atom. The van der Waals surface area contributed by atoms with E-state index in [1.165, 1.54) is 0 Å². The summed E-state index contributed by atoms with van der Waals surface area (Å²) in [6.07, 6.45) is 0.775. The quantitative estimate of drug-likeness (QED) is 0.552. The van der Waals surface area contributed by atoms with Gasteiger partial charge in [-0.15, -0.1) is 0 Å². The number of hydrogen-bond donors (Lipinski definition) is 4. The number of ether oxygens (including phenoxy) is 1. The van der Waals surface area contributed by atoms with E-state index in [4.69, 9.17) is 4.74 Å². The lowest BCUT2D eigenvalue weighted by atomic mass is 10.0.